The Balaban J connectivity index is 2.11. The number of carbonyl (C=O) groups is 2. The van der Waals surface area contributed by atoms with Gasteiger partial charge in [0.25, 0.3) is 0 Å². The van der Waals surface area contributed by atoms with Crippen molar-refractivity contribution < 1.29 is 23.1 Å². The fraction of sp³-hybridized carbons (Fsp3) is 0.333. The molecule has 0 radical (unpaired) electrons. The first kappa shape index (κ1) is 14.3. The first-order chi connectivity index (χ1) is 9.35. The lowest BCUT2D eigenvalue weighted by molar-refractivity contribution is -0.136. The number of nitrogens with one attached hydrogen (secondary N) is 2. The number of hydrogen-bond donors (Lipinski definition) is 3. The van der Waals surface area contributed by atoms with Crippen LogP contribution in [0, 0.1) is 0 Å². The van der Waals surface area contributed by atoms with E-state index in [0.717, 1.165) is 5.56 Å². The van der Waals surface area contributed by atoms with E-state index in [1.807, 2.05) is 0 Å². The van der Waals surface area contributed by atoms with E-state index >= 15 is 0 Å². The third kappa shape index (κ3) is 3.70. The van der Waals surface area contributed by atoms with Crippen LogP contribution in [0.25, 0.3) is 0 Å². The minimum absolute atomic E-state index is 0.0627. The van der Waals surface area contributed by atoms with Crippen LogP contribution in [-0.2, 0) is 26.0 Å². The van der Waals surface area contributed by atoms with E-state index in [9.17, 15) is 18.0 Å². The van der Waals surface area contributed by atoms with Gasteiger partial charge in [0.15, 0.2) is 0 Å². The zero-order valence-electron chi connectivity index (χ0n) is 10.5. The van der Waals surface area contributed by atoms with Gasteiger partial charge in [0.05, 0.1) is 12.2 Å². The van der Waals surface area contributed by atoms with Crippen LogP contribution in [0.3, 0.4) is 0 Å². The SMILES string of the molecule is O=C(O)CCS(=O)(=O)Nc1ccc2c(c1)CCC(=O)N2. The Morgan fingerprint density at radius 1 is 1.35 bits per heavy atom. The van der Waals surface area contributed by atoms with Crippen LogP contribution in [0.5, 0.6) is 0 Å². The summed E-state index contributed by atoms with van der Waals surface area (Å²) in [6, 6.07) is 4.80. The van der Waals surface area contributed by atoms with Crippen LogP contribution in [0.1, 0.15) is 18.4 Å². The minimum atomic E-state index is -3.69. The summed E-state index contributed by atoms with van der Waals surface area (Å²) in [7, 11) is -3.69. The van der Waals surface area contributed by atoms with E-state index in [-0.39, 0.29) is 5.91 Å². The summed E-state index contributed by atoms with van der Waals surface area (Å²) in [5.74, 6) is -1.70. The summed E-state index contributed by atoms with van der Waals surface area (Å²) < 4.78 is 25.7. The van der Waals surface area contributed by atoms with Crippen molar-refractivity contribution in [2.75, 3.05) is 15.8 Å². The van der Waals surface area contributed by atoms with E-state index in [1.54, 1.807) is 12.1 Å². The Morgan fingerprint density at radius 2 is 2.10 bits per heavy atom. The highest BCUT2D eigenvalue weighted by Gasteiger charge is 2.17. The lowest BCUT2D eigenvalue weighted by Crippen LogP contribution is -2.21. The summed E-state index contributed by atoms with van der Waals surface area (Å²) in [4.78, 5) is 21.6. The van der Waals surface area contributed by atoms with Crippen LogP contribution < -0.4 is 10.0 Å². The van der Waals surface area contributed by atoms with Crippen molar-refractivity contribution in [3.8, 4) is 0 Å². The number of amides is 1. The highest BCUT2D eigenvalue weighted by Crippen LogP contribution is 2.26. The molecule has 0 saturated heterocycles. The second-order valence-electron chi connectivity index (χ2n) is 4.48. The fourth-order valence-electron chi connectivity index (χ4n) is 1.90. The molecule has 0 spiro atoms. The van der Waals surface area contributed by atoms with Crippen LogP contribution >= 0.6 is 0 Å². The average Bonchev–Trinajstić information content (AvgIpc) is 2.36. The van der Waals surface area contributed by atoms with Gasteiger partial charge in [-0.1, -0.05) is 0 Å². The Morgan fingerprint density at radius 3 is 2.80 bits per heavy atom. The number of benzene rings is 1. The maximum absolute atomic E-state index is 11.7. The fourth-order valence-corrected chi connectivity index (χ4v) is 2.93. The molecule has 108 valence electrons. The molecule has 1 heterocycles. The number of sulfonamides is 1. The van der Waals surface area contributed by atoms with Gasteiger partial charge >= 0.3 is 5.97 Å². The van der Waals surface area contributed by atoms with E-state index in [2.05, 4.69) is 10.0 Å². The lowest BCUT2D eigenvalue weighted by Gasteiger charge is -2.18. The number of aryl methyl sites for hydroxylation is 1. The molecule has 0 unspecified atom stereocenters. The molecule has 0 saturated carbocycles. The molecule has 7 nitrogen and oxygen atoms in total. The second-order valence-corrected chi connectivity index (χ2v) is 6.33. The molecule has 1 aromatic carbocycles. The predicted octanol–water partition coefficient (Wildman–Crippen LogP) is 0.788. The van der Waals surface area contributed by atoms with Gasteiger partial charge in [-0.25, -0.2) is 8.42 Å². The maximum atomic E-state index is 11.7. The summed E-state index contributed by atoms with van der Waals surface area (Å²) in [5, 5.41) is 11.2. The Bertz CT molecular complexity index is 654. The molecule has 0 bridgehead atoms. The smallest absolute Gasteiger partial charge is 0.304 e. The van der Waals surface area contributed by atoms with Gasteiger partial charge in [-0.05, 0) is 30.2 Å². The number of anilines is 2. The molecule has 0 atom stereocenters. The van der Waals surface area contributed by atoms with Crippen molar-refractivity contribution in [3.63, 3.8) is 0 Å². The largest absolute Gasteiger partial charge is 0.481 e. The third-order valence-electron chi connectivity index (χ3n) is 2.86. The first-order valence-corrected chi connectivity index (χ1v) is 7.66. The minimum Gasteiger partial charge on any atom is -0.481 e. The zero-order chi connectivity index (χ0) is 14.8. The molecule has 1 aliphatic rings. The van der Waals surface area contributed by atoms with Gasteiger partial charge in [-0.15, -0.1) is 0 Å². The van der Waals surface area contributed by atoms with E-state index in [1.165, 1.54) is 6.07 Å². The van der Waals surface area contributed by atoms with Gasteiger partial charge in [0.1, 0.15) is 0 Å². The predicted molar refractivity (Wildman–Crippen MR) is 73.1 cm³/mol. The van der Waals surface area contributed by atoms with Gasteiger partial charge in [-0.2, -0.15) is 0 Å². The Hall–Kier alpha value is -2.09. The molecule has 0 aliphatic carbocycles. The van der Waals surface area contributed by atoms with Crippen molar-refractivity contribution in [1.82, 2.24) is 0 Å². The number of rotatable bonds is 5. The summed E-state index contributed by atoms with van der Waals surface area (Å²) in [6.45, 7) is 0. The highest BCUT2D eigenvalue weighted by atomic mass is 32.2. The molecular weight excluding hydrogens is 284 g/mol. The van der Waals surface area contributed by atoms with E-state index < -0.39 is 28.2 Å². The molecule has 1 aromatic rings. The number of carbonyl (C=O) groups excluding carboxylic acids is 1. The number of hydrogen-bond acceptors (Lipinski definition) is 4. The average molecular weight is 298 g/mol. The molecule has 0 aromatic heterocycles. The summed E-state index contributed by atoms with van der Waals surface area (Å²) in [5.41, 5.74) is 1.89. The molecule has 0 fully saturated rings. The third-order valence-corrected chi connectivity index (χ3v) is 4.15. The quantitative estimate of drug-likeness (QED) is 0.744. The van der Waals surface area contributed by atoms with Crippen molar-refractivity contribution in [2.45, 2.75) is 19.3 Å². The van der Waals surface area contributed by atoms with Gasteiger partial charge < -0.3 is 10.4 Å². The van der Waals surface area contributed by atoms with Gasteiger partial charge in [-0.3, -0.25) is 14.3 Å². The van der Waals surface area contributed by atoms with Gasteiger partial charge in [0.2, 0.25) is 15.9 Å². The molecular formula is C12H14N2O5S. The topological polar surface area (TPSA) is 113 Å². The normalized spacial score (nSPS) is 14.3. The molecule has 20 heavy (non-hydrogen) atoms. The number of carboxylic acids is 1. The van der Waals surface area contributed by atoms with Gasteiger partial charge in [0, 0.05) is 17.8 Å². The molecule has 1 aliphatic heterocycles. The van der Waals surface area contributed by atoms with Crippen LogP contribution in [0.15, 0.2) is 18.2 Å². The highest BCUT2D eigenvalue weighted by molar-refractivity contribution is 7.92. The molecule has 1 amide bonds. The number of fused-ring (bicyclic) bond motifs is 1. The van der Waals surface area contributed by atoms with Crippen LogP contribution in [0.2, 0.25) is 0 Å². The summed E-state index contributed by atoms with van der Waals surface area (Å²) in [6.07, 6.45) is 0.463. The zero-order valence-corrected chi connectivity index (χ0v) is 11.4. The Kier molecular flexibility index (Phi) is 3.93. The van der Waals surface area contributed by atoms with Crippen LogP contribution in [-0.4, -0.2) is 31.2 Å². The number of carboxylic acid groups (broad SMARTS) is 1. The van der Waals surface area contributed by atoms with Crippen molar-refractivity contribution >= 4 is 33.3 Å². The first-order valence-electron chi connectivity index (χ1n) is 6.01. The molecule has 3 N–H and O–H groups in total. The Labute approximate surface area is 116 Å². The second kappa shape index (κ2) is 5.49. The molecule has 8 heteroatoms. The van der Waals surface area contributed by atoms with E-state index in [0.29, 0.717) is 24.2 Å². The van der Waals surface area contributed by atoms with Crippen LogP contribution in [0.4, 0.5) is 11.4 Å². The number of aliphatic carboxylic acids is 1. The van der Waals surface area contributed by atoms with Crippen molar-refractivity contribution in [3.05, 3.63) is 23.8 Å². The standard InChI is InChI=1S/C12H14N2O5S/c15-11-4-1-8-7-9(2-3-10(8)13-11)14-20(18,19)6-5-12(16)17/h2-3,7,14H,1,4-6H2,(H,13,15)(H,16,17). The van der Waals surface area contributed by atoms with Crippen molar-refractivity contribution in [2.24, 2.45) is 0 Å². The van der Waals surface area contributed by atoms with Crippen molar-refractivity contribution in [1.29, 1.82) is 0 Å². The van der Waals surface area contributed by atoms with E-state index in [4.69, 9.17) is 5.11 Å². The maximum Gasteiger partial charge on any atom is 0.304 e. The monoisotopic (exact) mass is 298 g/mol. The lowest BCUT2D eigenvalue weighted by atomic mass is 10.0. The molecule has 2 rings (SSSR count). The summed E-state index contributed by atoms with van der Waals surface area (Å²) >= 11 is 0.